The van der Waals surface area contributed by atoms with Crippen molar-refractivity contribution in [2.45, 2.75) is 51.7 Å². The van der Waals surface area contributed by atoms with Crippen LogP contribution in [0.2, 0.25) is 0 Å². The van der Waals surface area contributed by atoms with E-state index in [1.807, 2.05) is 12.1 Å². The van der Waals surface area contributed by atoms with Gasteiger partial charge in [0.25, 0.3) is 5.91 Å². The number of morpholine rings is 1. The van der Waals surface area contributed by atoms with E-state index in [1.54, 1.807) is 0 Å². The van der Waals surface area contributed by atoms with Crippen molar-refractivity contribution in [1.82, 2.24) is 9.80 Å². The van der Waals surface area contributed by atoms with Gasteiger partial charge in [0.05, 0.1) is 13.2 Å². The Hall–Kier alpha value is -1.39. The Morgan fingerprint density at radius 3 is 2.70 bits per heavy atom. The lowest BCUT2D eigenvalue weighted by Gasteiger charge is -2.35. The molecule has 2 saturated heterocycles. The second-order valence-electron chi connectivity index (χ2n) is 7.46. The van der Waals surface area contributed by atoms with Crippen molar-refractivity contribution in [3.63, 3.8) is 0 Å². The summed E-state index contributed by atoms with van der Waals surface area (Å²) in [6, 6.07) is 8.47. The Kier molecular flexibility index (Phi) is 4.74. The zero-order valence-electron chi connectivity index (χ0n) is 14.5. The zero-order valence-corrected chi connectivity index (χ0v) is 14.5. The van der Waals surface area contributed by atoms with Gasteiger partial charge in [0.2, 0.25) is 0 Å². The smallest absolute Gasteiger partial charge is 0.254 e. The van der Waals surface area contributed by atoms with Crippen molar-refractivity contribution >= 4 is 5.91 Å². The Labute approximate surface area is 139 Å². The summed E-state index contributed by atoms with van der Waals surface area (Å²) in [5.74, 6) is 0.170. The number of carbonyl (C=O) groups is 1. The molecular weight excluding hydrogens is 288 g/mol. The molecule has 1 aromatic rings. The van der Waals surface area contributed by atoms with Gasteiger partial charge < -0.3 is 9.64 Å². The van der Waals surface area contributed by atoms with Crippen LogP contribution >= 0.6 is 0 Å². The fraction of sp³-hybridized carbons (Fsp3) is 0.632. The molecule has 0 saturated carbocycles. The molecule has 0 bridgehead atoms. The van der Waals surface area contributed by atoms with Crippen molar-refractivity contribution in [3.8, 4) is 0 Å². The molecule has 1 amide bonds. The maximum Gasteiger partial charge on any atom is 0.254 e. The van der Waals surface area contributed by atoms with Crippen LogP contribution in [0.5, 0.6) is 0 Å². The van der Waals surface area contributed by atoms with E-state index in [0.29, 0.717) is 6.04 Å². The number of hydrogen-bond donors (Lipinski definition) is 0. The third kappa shape index (κ3) is 3.59. The second-order valence-corrected chi connectivity index (χ2v) is 7.46. The standard InChI is InChI=1S/C19H28N2O2/c1-15-7-8-19(2,3)21(15)18(22)17-6-4-5-16(13-17)14-20-9-11-23-12-10-20/h4-6,13,15H,7-12,14H2,1-3H3. The summed E-state index contributed by atoms with van der Waals surface area (Å²) in [6.45, 7) is 10.9. The van der Waals surface area contributed by atoms with Crippen LogP contribution in [0.25, 0.3) is 0 Å². The highest BCUT2D eigenvalue weighted by Crippen LogP contribution is 2.34. The van der Waals surface area contributed by atoms with E-state index in [9.17, 15) is 4.79 Å². The average Bonchev–Trinajstić information content (AvgIpc) is 2.81. The Balaban J connectivity index is 1.75. The van der Waals surface area contributed by atoms with Gasteiger partial charge in [0.15, 0.2) is 0 Å². The molecule has 2 aliphatic rings. The molecule has 3 rings (SSSR count). The van der Waals surface area contributed by atoms with Crippen molar-refractivity contribution in [1.29, 1.82) is 0 Å². The van der Waals surface area contributed by atoms with Crippen molar-refractivity contribution in [2.75, 3.05) is 26.3 Å². The van der Waals surface area contributed by atoms with E-state index in [-0.39, 0.29) is 11.4 Å². The summed E-state index contributed by atoms with van der Waals surface area (Å²) in [5, 5.41) is 0. The molecule has 0 radical (unpaired) electrons. The quantitative estimate of drug-likeness (QED) is 0.859. The van der Waals surface area contributed by atoms with Crippen LogP contribution in [0.3, 0.4) is 0 Å². The van der Waals surface area contributed by atoms with Crippen LogP contribution in [0, 0.1) is 0 Å². The van der Waals surface area contributed by atoms with Gasteiger partial charge in [0, 0.05) is 36.8 Å². The SMILES string of the molecule is CC1CCC(C)(C)N1C(=O)c1cccc(CN2CCOCC2)c1. The molecule has 1 aromatic carbocycles. The van der Waals surface area contributed by atoms with E-state index in [2.05, 4.69) is 42.7 Å². The third-order valence-electron chi connectivity index (χ3n) is 5.17. The first-order chi connectivity index (χ1) is 11.0. The number of ether oxygens (including phenoxy) is 1. The van der Waals surface area contributed by atoms with Crippen molar-refractivity contribution in [3.05, 3.63) is 35.4 Å². The number of benzene rings is 1. The number of nitrogens with zero attached hydrogens (tertiary/aromatic N) is 2. The van der Waals surface area contributed by atoms with Gasteiger partial charge in [-0.05, 0) is 51.3 Å². The molecule has 0 spiro atoms. The maximum atomic E-state index is 13.0. The lowest BCUT2D eigenvalue weighted by atomic mass is 10.0. The highest BCUT2D eigenvalue weighted by Gasteiger charge is 2.40. The van der Waals surface area contributed by atoms with Crippen LogP contribution < -0.4 is 0 Å². The fourth-order valence-electron chi connectivity index (χ4n) is 3.84. The highest BCUT2D eigenvalue weighted by molar-refractivity contribution is 5.95. The van der Waals surface area contributed by atoms with Gasteiger partial charge in [-0.3, -0.25) is 9.69 Å². The normalized spacial score (nSPS) is 24.8. The predicted octanol–water partition coefficient (Wildman–Crippen LogP) is 2.92. The molecule has 1 unspecified atom stereocenters. The van der Waals surface area contributed by atoms with E-state index in [0.717, 1.165) is 51.3 Å². The van der Waals surface area contributed by atoms with Crippen molar-refractivity contribution in [2.24, 2.45) is 0 Å². The minimum atomic E-state index is -0.0449. The Morgan fingerprint density at radius 1 is 1.30 bits per heavy atom. The number of likely N-dealkylation sites (tertiary alicyclic amines) is 1. The third-order valence-corrected chi connectivity index (χ3v) is 5.17. The summed E-state index contributed by atoms with van der Waals surface area (Å²) >= 11 is 0. The van der Waals surface area contributed by atoms with Crippen LogP contribution in [0.4, 0.5) is 0 Å². The molecule has 0 N–H and O–H groups in total. The van der Waals surface area contributed by atoms with Crippen LogP contribution in [0.1, 0.15) is 49.5 Å². The summed E-state index contributed by atoms with van der Waals surface area (Å²) < 4.78 is 5.40. The highest BCUT2D eigenvalue weighted by atomic mass is 16.5. The average molecular weight is 316 g/mol. The van der Waals surface area contributed by atoms with Gasteiger partial charge in [-0.25, -0.2) is 0 Å². The molecule has 2 fully saturated rings. The molecular formula is C19H28N2O2. The minimum absolute atomic E-state index is 0.0449. The molecule has 1 atom stereocenters. The van der Waals surface area contributed by atoms with Gasteiger partial charge in [-0.15, -0.1) is 0 Å². The maximum absolute atomic E-state index is 13.0. The van der Waals surface area contributed by atoms with Crippen LogP contribution in [-0.2, 0) is 11.3 Å². The van der Waals surface area contributed by atoms with Gasteiger partial charge in [0.1, 0.15) is 0 Å². The molecule has 4 heteroatoms. The zero-order chi connectivity index (χ0) is 16.4. The van der Waals surface area contributed by atoms with Gasteiger partial charge >= 0.3 is 0 Å². The van der Waals surface area contributed by atoms with E-state index >= 15 is 0 Å². The van der Waals surface area contributed by atoms with Crippen molar-refractivity contribution < 1.29 is 9.53 Å². The molecule has 2 aliphatic heterocycles. The molecule has 126 valence electrons. The minimum Gasteiger partial charge on any atom is -0.379 e. The summed E-state index contributed by atoms with van der Waals surface area (Å²) in [7, 11) is 0. The molecule has 0 aromatic heterocycles. The Morgan fingerprint density at radius 2 is 2.04 bits per heavy atom. The lowest BCUT2D eigenvalue weighted by molar-refractivity contribution is 0.0341. The molecule has 23 heavy (non-hydrogen) atoms. The van der Waals surface area contributed by atoms with Crippen LogP contribution in [0.15, 0.2) is 24.3 Å². The Bertz CT molecular complexity index is 564. The lowest BCUT2D eigenvalue weighted by Crippen LogP contribution is -2.46. The molecule has 2 heterocycles. The van der Waals surface area contributed by atoms with Gasteiger partial charge in [-0.1, -0.05) is 12.1 Å². The number of amides is 1. The summed E-state index contributed by atoms with van der Waals surface area (Å²) in [4.78, 5) is 17.5. The number of carbonyl (C=O) groups excluding carboxylic acids is 1. The number of rotatable bonds is 3. The predicted molar refractivity (Wildman–Crippen MR) is 91.5 cm³/mol. The number of hydrogen-bond acceptors (Lipinski definition) is 3. The first-order valence-electron chi connectivity index (χ1n) is 8.70. The largest absolute Gasteiger partial charge is 0.379 e. The van der Waals surface area contributed by atoms with E-state index < -0.39 is 0 Å². The monoisotopic (exact) mass is 316 g/mol. The molecule has 0 aliphatic carbocycles. The van der Waals surface area contributed by atoms with E-state index in [1.165, 1.54) is 5.56 Å². The fourth-order valence-corrected chi connectivity index (χ4v) is 3.84. The van der Waals surface area contributed by atoms with E-state index in [4.69, 9.17) is 4.74 Å². The molecule has 4 nitrogen and oxygen atoms in total. The first kappa shape index (κ1) is 16.5. The summed E-state index contributed by atoms with van der Waals surface area (Å²) in [5.41, 5.74) is 1.98. The second kappa shape index (κ2) is 6.62. The van der Waals surface area contributed by atoms with Gasteiger partial charge in [-0.2, -0.15) is 0 Å². The first-order valence-corrected chi connectivity index (χ1v) is 8.70. The topological polar surface area (TPSA) is 32.8 Å². The summed E-state index contributed by atoms with van der Waals surface area (Å²) in [6.07, 6.45) is 2.17. The van der Waals surface area contributed by atoms with Crippen LogP contribution in [-0.4, -0.2) is 53.6 Å².